The van der Waals surface area contributed by atoms with Crippen molar-refractivity contribution in [1.82, 2.24) is 9.55 Å². The van der Waals surface area contributed by atoms with Gasteiger partial charge in [0.05, 0.1) is 12.3 Å². The molecule has 0 radical (unpaired) electrons. The van der Waals surface area contributed by atoms with Gasteiger partial charge in [-0.3, -0.25) is 0 Å². The molecule has 2 aromatic heterocycles. The van der Waals surface area contributed by atoms with E-state index < -0.39 is 0 Å². The Balaban J connectivity index is 2.34. The maximum Gasteiger partial charge on any atom is 0.356 e. The topological polar surface area (TPSA) is 47.0 Å². The fourth-order valence-corrected chi connectivity index (χ4v) is 1.44. The minimum Gasteiger partial charge on any atom is -0.461 e. The summed E-state index contributed by atoms with van der Waals surface area (Å²) in [5, 5.41) is 0. The number of H-pyrrole nitrogens is 1. The van der Waals surface area contributed by atoms with Crippen LogP contribution in [0.2, 0.25) is 0 Å². The highest BCUT2D eigenvalue weighted by Gasteiger charge is 2.14. The monoisotopic (exact) mass is 204 g/mol. The average molecular weight is 204 g/mol. The number of carbonyl (C=O) groups excluding carboxylic acids is 1. The molecule has 0 saturated carbocycles. The number of hydrogen-bond donors (Lipinski definition) is 1. The van der Waals surface area contributed by atoms with Crippen molar-refractivity contribution in [1.29, 1.82) is 0 Å². The molecular formula is C11H12N2O2. The number of ether oxygens (including phenoxy) is 1. The fourth-order valence-electron chi connectivity index (χ4n) is 1.44. The van der Waals surface area contributed by atoms with Gasteiger partial charge in [-0.15, -0.1) is 0 Å². The molecule has 0 bridgehead atoms. The van der Waals surface area contributed by atoms with Crippen molar-refractivity contribution >= 4 is 5.97 Å². The highest BCUT2D eigenvalue weighted by atomic mass is 16.5. The van der Waals surface area contributed by atoms with Crippen LogP contribution in [-0.4, -0.2) is 22.1 Å². The summed E-state index contributed by atoms with van der Waals surface area (Å²) in [6.07, 6.45) is 5.49. The first-order valence-electron chi connectivity index (χ1n) is 4.80. The largest absolute Gasteiger partial charge is 0.461 e. The van der Waals surface area contributed by atoms with Gasteiger partial charge < -0.3 is 14.3 Å². The Morgan fingerprint density at radius 2 is 2.20 bits per heavy atom. The van der Waals surface area contributed by atoms with Gasteiger partial charge >= 0.3 is 5.97 Å². The van der Waals surface area contributed by atoms with Gasteiger partial charge in [0.25, 0.3) is 0 Å². The van der Waals surface area contributed by atoms with Gasteiger partial charge in [0.2, 0.25) is 0 Å². The second-order valence-corrected chi connectivity index (χ2v) is 3.05. The molecule has 0 aliphatic carbocycles. The van der Waals surface area contributed by atoms with Crippen LogP contribution in [-0.2, 0) is 4.74 Å². The molecule has 15 heavy (non-hydrogen) atoms. The highest BCUT2D eigenvalue weighted by Crippen LogP contribution is 2.14. The molecule has 2 rings (SSSR count). The van der Waals surface area contributed by atoms with Gasteiger partial charge in [-0.1, -0.05) is 0 Å². The number of rotatable bonds is 3. The number of aromatic nitrogens is 2. The van der Waals surface area contributed by atoms with Crippen LogP contribution in [0.1, 0.15) is 17.4 Å². The van der Waals surface area contributed by atoms with Crippen LogP contribution in [0.5, 0.6) is 0 Å². The van der Waals surface area contributed by atoms with Crippen molar-refractivity contribution in [2.45, 2.75) is 6.92 Å². The lowest BCUT2D eigenvalue weighted by molar-refractivity contribution is 0.0520. The summed E-state index contributed by atoms with van der Waals surface area (Å²) in [6.45, 7) is 2.17. The Hall–Kier alpha value is -1.97. The van der Waals surface area contributed by atoms with Crippen LogP contribution >= 0.6 is 0 Å². The van der Waals surface area contributed by atoms with Gasteiger partial charge in [-0.05, 0) is 25.1 Å². The predicted octanol–water partition coefficient (Wildman–Crippen LogP) is 1.98. The second kappa shape index (κ2) is 4.04. The third-order valence-corrected chi connectivity index (χ3v) is 2.09. The SMILES string of the molecule is CCOC(=O)c1[nH]ccc1-n1cccc1. The van der Waals surface area contributed by atoms with Crippen molar-refractivity contribution in [3.63, 3.8) is 0 Å². The molecule has 0 aliphatic heterocycles. The van der Waals surface area contributed by atoms with E-state index in [-0.39, 0.29) is 5.97 Å². The first-order chi connectivity index (χ1) is 7.33. The van der Waals surface area contributed by atoms with E-state index in [1.54, 1.807) is 13.1 Å². The smallest absolute Gasteiger partial charge is 0.356 e. The van der Waals surface area contributed by atoms with E-state index in [0.29, 0.717) is 12.3 Å². The lowest BCUT2D eigenvalue weighted by Crippen LogP contribution is -2.08. The summed E-state index contributed by atoms with van der Waals surface area (Å²) >= 11 is 0. The quantitative estimate of drug-likeness (QED) is 0.777. The molecule has 2 aromatic rings. The van der Waals surface area contributed by atoms with Gasteiger partial charge in [0.1, 0.15) is 5.69 Å². The number of hydrogen-bond acceptors (Lipinski definition) is 2. The lowest BCUT2D eigenvalue weighted by atomic mass is 10.3. The fraction of sp³-hybridized carbons (Fsp3) is 0.182. The van der Waals surface area contributed by atoms with Crippen LogP contribution in [0.25, 0.3) is 5.69 Å². The van der Waals surface area contributed by atoms with E-state index in [2.05, 4.69) is 4.98 Å². The van der Waals surface area contributed by atoms with Crippen molar-refractivity contribution in [2.75, 3.05) is 6.61 Å². The molecule has 0 aliphatic rings. The van der Waals surface area contributed by atoms with Gasteiger partial charge in [-0.25, -0.2) is 4.79 Å². The number of nitrogens with zero attached hydrogens (tertiary/aromatic N) is 1. The summed E-state index contributed by atoms with van der Waals surface area (Å²) in [6, 6.07) is 5.65. The molecule has 0 amide bonds. The van der Waals surface area contributed by atoms with E-state index in [0.717, 1.165) is 5.69 Å². The predicted molar refractivity (Wildman–Crippen MR) is 56.1 cm³/mol. The van der Waals surface area contributed by atoms with E-state index in [1.807, 2.05) is 35.2 Å². The summed E-state index contributed by atoms with van der Waals surface area (Å²) in [5.41, 5.74) is 1.28. The van der Waals surface area contributed by atoms with Crippen LogP contribution in [0.4, 0.5) is 0 Å². The van der Waals surface area contributed by atoms with Gasteiger partial charge in [0, 0.05) is 18.6 Å². The minimum atomic E-state index is -0.328. The number of aromatic amines is 1. The Bertz CT molecular complexity index is 443. The molecule has 78 valence electrons. The Kier molecular flexibility index (Phi) is 2.58. The number of esters is 1. The summed E-state index contributed by atoms with van der Waals surface area (Å²) in [5.74, 6) is -0.328. The van der Waals surface area contributed by atoms with Crippen LogP contribution in [0.15, 0.2) is 36.8 Å². The second-order valence-electron chi connectivity index (χ2n) is 3.05. The first-order valence-corrected chi connectivity index (χ1v) is 4.80. The summed E-state index contributed by atoms with van der Waals surface area (Å²) < 4.78 is 6.81. The zero-order valence-electron chi connectivity index (χ0n) is 8.43. The molecule has 0 spiro atoms. The average Bonchev–Trinajstić information content (AvgIpc) is 2.88. The maximum atomic E-state index is 11.6. The minimum absolute atomic E-state index is 0.328. The molecule has 4 heteroatoms. The van der Waals surface area contributed by atoms with Crippen molar-refractivity contribution in [3.05, 3.63) is 42.5 Å². The standard InChI is InChI=1S/C11H12N2O2/c1-2-15-11(14)10-9(5-6-12-10)13-7-3-4-8-13/h3-8,12H,2H2,1H3. The summed E-state index contributed by atoms with van der Waals surface area (Å²) in [7, 11) is 0. The zero-order valence-corrected chi connectivity index (χ0v) is 8.43. The Morgan fingerprint density at radius 3 is 2.87 bits per heavy atom. The van der Waals surface area contributed by atoms with Crippen molar-refractivity contribution in [3.8, 4) is 5.69 Å². The molecule has 0 aromatic carbocycles. The van der Waals surface area contributed by atoms with Crippen LogP contribution in [0.3, 0.4) is 0 Å². The molecule has 0 fully saturated rings. The molecule has 0 saturated heterocycles. The van der Waals surface area contributed by atoms with E-state index >= 15 is 0 Å². The van der Waals surface area contributed by atoms with E-state index in [9.17, 15) is 4.79 Å². The highest BCUT2D eigenvalue weighted by molar-refractivity contribution is 5.91. The third kappa shape index (κ3) is 1.79. The molecular weight excluding hydrogens is 192 g/mol. The maximum absolute atomic E-state index is 11.6. The lowest BCUT2D eigenvalue weighted by Gasteiger charge is -2.04. The molecule has 1 N–H and O–H groups in total. The first kappa shape index (κ1) is 9.58. The molecule has 0 unspecified atom stereocenters. The molecule has 4 nitrogen and oxygen atoms in total. The van der Waals surface area contributed by atoms with Crippen LogP contribution in [0, 0.1) is 0 Å². The normalized spacial score (nSPS) is 10.2. The van der Waals surface area contributed by atoms with E-state index in [4.69, 9.17) is 4.74 Å². The van der Waals surface area contributed by atoms with Gasteiger partial charge in [-0.2, -0.15) is 0 Å². The Labute approximate surface area is 87.5 Å². The molecule has 2 heterocycles. The van der Waals surface area contributed by atoms with Crippen LogP contribution < -0.4 is 0 Å². The Morgan fingerprint density at radius 1 is 1.47 bits per heavy atom. The van der Waals surface area contributed by atoms with E-state index in [1.165, 1.54) is 0 Å². The number of carbonyl (C=O) groups is 1. The number of nitrogens with one attached hydrogen (secondary N) is 1. The van der Waals surface area contributed by atoms with Crippen molar-refractivity contribution < 1.29 is 9.53 Å². The van der Waals surface area contributed by atoms with Gasteiger partial charge in [0.15, 0.2) is 0 Å². The molecule has 0 atom stereocenters. The zero-order chi connectivity index (χ0) is 10.7. The summed E-state index contributed by atoms with van der Waals surface area (Å²) in [4.78, 5) is 14.4. The third-order valence-electron chi connectivity index (χ3n) is 2.09. The van der Waals surface area contributed by atoms with Crippen molar-refractivity contribution in [2.24, 2.45) is 0 Å².